The molecule has 0 aliphatic heterocycles. The van der Waals surface area contributed by atoms with Crippen LogP contribution in [0.15, 0.2) is 12.3 Å². The molecule has 5 nitrogen and oxygen atoms in total. The highest BCUT2D eigenvalue weighted by Crippen LogP contribution is 1.95. The molecule has 0 unspecified atom stereocenters. The van der Waals surface area contributed by atoms with Crippen LogP contribution in [0.2, 0.25) is 0 Å². The van der Waals surface area contributed by atoms with E-state index in [9.17, 15) is 4.79 Å². The molecule has 0 aliphatic carbocycles. The standard InChI is InChI=1S/C12H22N4O/c1-3-4-7-14-12(17)10-13-8-5-11-6-9-15-16(11)2/h6,9,13H,3-5,7-8,10H2,1-2H3,(H,14,17). The maximum absolute atomic E-state index is 11.4. The van der Waals surface area contributed by atoms with Crippen molar-refractivity contribution < 1.29 is 4.79 Å². The van der Waals surface area contributed by atoms with E-state index in [0.29, 0.717) is 6.54 Å². The van der Waals surface area contributed by atoms with Gasteiger partial charge in [0, 0.05) is 38.4 Å². The summed E-state index contributed by atoms with van der Waals surface area (Å²) < 4.78 is 1.85. The maximum atomic E-state index is 11.4. The number of rotatable bonds is 8. The minimum atomic E-state index is 0.0726. The lowest BCUT2D eigenvalue weighted by Crippen LogP contribution is -2.35. The summed E-state index contributed by atoms with van der Waals surface area (Å²) >= 11 is 0. The van der Waals surface area contributed by atoms with Crippen molar-refractivity contribution in [2.45, 2.75) is 26.2 Å². The van der Waals surface area contributed by atoms with Crippen molar-refractivity contribution in [2.24, 2.45) is 7.05 Å². The van der Waals surface area contributed by atoms with Crippen LogP contribution in [0.3, 0.4) is 0 Å². The maximum Gasteiger partial charge on any atom is 0.233 e. The first-order valence-corrected chi connectivity index (χ1v) is 6.18. The lowest BCUT2D eigenvalue weighted by molar-refractivity contribution is -0.120. The van der Waals surface area contributed by atoms with Gasteiger partial charge in [0.25, 0.3) is 0 Å². The molecule has 0 saturated carbocycles. The third kappa shape index (κ3) is 5.49. The molecule has 0 aromatic carbocycles. The number of aryl methyl sites for hydroxylation is 1. The van der Waals surface area contributed by atoms with E-state index in [1.807, 2.05) is 17.8 Å². The molecule has 1 heterocycles. The molecule has 0 aliphatic rings. The number of carbonyl (C=O) groups is 1. The molecule has 1 aromatic heterocycles. The summed E-state index contributed by atoms with van der Waals surface area (Å²) in [6, 6.07) is 1.99. The first kappa shape index (κ1) is 13.7. The molecule has 0 atom stereocenters. The Morgan fingerprint density at radius 1 is 1.47 bits per heavy atom. The quantitative estimate of drug-likeness (QED) is 0.647. The second-order valence-electron chi connectivity index (χ2n) is 4.08. The first-order valence-electron chi connectivity index (χ1n) is 6.18. The smallest absolute Gasteiger partial charge is 0.233 e. The Kier molecular flexibility index (Phi) is 6.32. The molecule has 1 amide bonds. The lowest BCUT2D eigenvalue weighted by Gasteiger charge is -2.06. The predicted octanol–water partition coefficient (Wildman–Crippen LogP) is 0.469. The fourth-order valence-corrected chi connectivity index (χ4v) is 1.53. The molecular formula is C12H22N4O. The van der Waals surface area contributed by atoms with E-state index in [1.165, 1.54) is 5.69 Å². The van der Waals surface area contributed by atoms with Crippen LogP contribution in [0.25, 0.3) is 0 Å². The average Bonchev–Trinajstić information content (AvgIpc) is 2.71. The zero-order chi connectivity index (χ0) is 12.5. The van der Waals surface area contributed by atoms with Crippen LogP contribution in [-0.4, -0.2) is 35.3 Å². The molecule has 0 saturated heterocycles. The van der Waals surface area contributed by atoms with Gasteiger partial charge in [0.05, 0.1) is 6.54 Å². The largest absolute Gasteiger partial charge is 0.355 e. The van der Waals surface area contributed by atoms with Gasteiger partial charge in [-0.25, -0.2) is 0 Å². The molecule has 2 N–H and O–H groups in total. The van der Waals surface area contributed by atoms with E-state index in [1.54, 1.807) is 6.20 Å². The fourth-order valence-electron chi connectivity index (χ4n) is 1.53. The van der Waals surface area contributed by atoms with Crippen LogP contribution < -0.4 is 10.6 Å². The Labute approximate surface area is 103 Å². The summed E-state index contributed by atoms with van der Waals surface area (Å²) in [5.74, 6) is 0.0726. The number of hydrogen-bond acceptors (Lipinski definition) is 3. The van der Waals surface area contributed by atoms with Crippen molar-refractivity contribution >= 4 is 5.91 Å². The van der Waals surface area contributed by atoms with Crippen molar-refractivity contribution in [1.29, 1.82) is 0 Å². The number of carbonyl (C=O) groups excluding carboxylic acids is 1. The van der Waals surface area contributed by atoms with Gasteiger partial charge in [-0.1, -0.05) is 13.3 Å². The summed E-state index contributed by atoms with van der Waals surface area (Å²) in [5.41, 5.74) is 1.17. The van der Waals surface area contributed by atoms with Gasteiger partial charge in [0.1, 0.15) is 0 Å². The van der Waals surface area contributed by atoms with Crippen molar-refractivity contribution in [1.82, 2.24) is 20.4 Å². The molecule has 5 heteroatoms. The second kappa shape index (κ2) is 7.84. The second-order valence-corrected chi connectivity index (χ2v) is 4.08. The van der Waals surface area contributed by atoms with Crippen LogP contribution in [0.1, 0.15) is 25.5 Å². The Hall–Kier alpha value is -1.36. The van der Waals surface area contributed by atoms with Crippen LogP contribution in [0, 0.1) is 0 Å². The summed E-state index contributed by atoms with van der Waals surface area (Å²) in [4.78, 5) is 11.4. The predicted molar refractivity (Wildman–Crippen MR) is 67.7 cm³/mol. The Morgan fingerprint density at radius 3 is 2.94 bits per heavy atom. The summed E-state index contributed by atoms with van der Waals surface area (Å²) in [6.07, 6.45) is 4.82. The van der Waals surface area contributed by atoms with Gasteiger partial charge in [0.2, 0.25) is 5.91 Å². The topological polar surface area (TPSA) is 59.0 Å². The van der Waals surface area contributed by atoms with E-state index in [4.69, 9.17) is 0 Å². The summed E-state index contributed by atoms with van der Waals surface area (Å²) in [6.45, 7) is 4.07. The first-order chi connectivity index (χ1) is 8.24. The van der Waals surface area contributed by atoms with E-state index < -0.39 is 0 Å². The van der Waals surface area contributed by atoms with Gasteiger partial charge in [0.15, 0.2) is 0 Å². The molecule has 1 rings (SSSR count). The molecule has 17 heavy (non-hydrogen) atoms. The molecule has 96 valence electrons. The van der Waals surface area contributed by atoms with E-state index in [0.717, 1.165) is 32.4 Å². The molecule has 0 fully saturated rings. The zero-order valence-electron chi connectivity index (χ0n) is 10.7. The highest BCUT2D eigenvalue weighted by Gasteiger charge is 2.01. The van der Waals surface area contributed by atoms with E-state index in [2.05, 4.69) is 22.7 Å². The Morgan fingerprint density at radius 2 is 2.29 bits per heavy atom. The number of hydrogen-bond donors (Lipinski definition) is 2. The van der Waals surface area contributed by atoms with Crippen molar-refractivity contribution in [3.8, 4) is 0 Å². The highest BCUT2D eigenvalue weighted by molar-refractivity contribution is 5.77. The van der Waals surface area contributed by atoms with Gasteiger partial charge >= 0.3 is 0 Å². The Balaban J connectivity index is 2.04. The number of nitrogens with one attached hydrogen (secondary N) is 2. The number of amides is 1. The summed E-state index contributed by atoms with van der Waals surface area (Å²) in [7, 11) is 1.92. The van der Waals surface area contributed by atoms with Crippen LogP contribution in [-0.2, 0) is 18.3 Å². The van der Waals surface area contributed by atoms with Crippen molar-refractivity contribution in [3.05, 3.63) is 18.0 Å². The number of aromatic nitrogens is 2. The highest BCUT2D eigenvalue weighted by atomic mass is 16.1. The minimum absolute atomic E-state index is 0.0726. The van der Waals surface area contributed by atoms with Crippen molar-refractivity contribution in [3.63, 3.8) is 0 Å². The summed E-state index contributed by atoms with van der Waals surface area (Å²) in [5, 5.41) is 10.1. The molecule has 0 bridgehead atoms. The van der Waals surface area contributed by atoms with Gasteiger partial charge < -0.3 is 10.6 Å². The number of unbranched alkanes of at least 4 members (excludes halogenated alkanes) is 1. The van der Waals surface area contributed by atoms with Crippen molar-refractivity contribution in [2.75, 3.05) is 19.6 Å². The molecule has 1 aromatic rings. The van der Waals surface area contributed by atoms with Crippen LogP contribution in [0.4, 0.5) is 0 Å². The molecule has 0 radical (unpaired) electrons. The van der Waals surface area contributed by atoms with Gasteiger partial charge in [-0.2, -0.15) is 5.10 Å². The fraction of sp³-hybridized carbons (Fsp3) is 0.667. The minimum Gasteiger partial charge on any atom is -0.355 e. The third-order valence-corrected chi connectivity index (χ3v) is 2.62. The van der Waals surface area contributed by atoms with Gasteiger partial charge in [-0.15, -0.1) is 0 Å². The van der Waals surface area contributed by atoms with Gasteiger partial charge in [-0.05, 0) is 12.5 Å². The molecule has 0 spiro atoms. The van der Waals surface area contributed by atoms with Crippen LogP contribution >= 0.6 is 0 Å². The lowest BCUT2D eigenvalue weighted by atomic mass is 10.3. The van der Waals surface area contributed by atoms with Gasteiger partial charge in [-0.3, -0.25) is 9.48 Å². The number of nitrogens with zero attached hydrogens (tertiary/aromatic N) is 2. The zero-order valence-corrected chi connectivity index (χ0v) is 10.7. The van der Waals surface area contributed by atoms with E-state index >= 15 is 0 Å². The SMILES string of the molecule is CCCCNC(=O)CNCCc1ccnn1C. The van der Waals surface area contributed by atoms with Crippen LogP contribution in [0.5, 0.6) is 0 Å². The third-order valence-electron chi connectivity index (χ3n) is 2.62. The average molecular weight is 238 g/mol. The van der Waals surface area contributed by atoms with E-state index in [-0.39, 0.29) is 5.91 Å². The molecular weight excluding hydrogens is 216 g/mol. The monoisotopic (exact) mass is 238 g/mol. The Bertz CT molecular complexity index is 335. The normalized spacial score (nSPS) is 10.5.